The first-order valence-electron chi connectivity index (χ1n) is 6.75. The van der Waals surface area contributed by atoms with Crippen molar-refractivity contribution in [1.29, 1.82) is 0 Å². The third kappa shape index (κ3) is 3.87. The van der Waals surface area contributed by atoms with Crippen molar-refractivity contribution in [3.8, 4) is 0 Å². The second-order valence-electron chi connectivity index (χ2n) is 5.25. The van der Waals surface area contributed by atoms with E-state index >= 15 is 0 Å². The number of ketones is 1. The number of hydrogen-bond acceptors (Lipinski definition) is 3. The lowest BCUT2D eigenvalue weighted by Gasteiger charge is -2.17. The number of benzene rings is 1. The number of rotatable bonds is 7. The van der Waals surface area contributed by atoms with Gasteiger partial charge < -0.3 is 10.4 Å². The Hall–Kier alpha value is -1.75. The molecule has 1 aliphatic carbocycles. The van der Waals surface area contributed by atoms with Gasteiger partial charge in [0.1, 0.15) is 5.82 Å². The maximum atomic E-state index is 13.2. The van der Waals surface area contributed by atoms with Crippen LogP contribution in [0.4, 0.5) is 4.39 Å². The lowest BCUT2D eigenvalue weighted by molar-refractivity contribution is -0.137. The highest BCUT2D eigenvalue weighted by Gasteiger charge is 2.29. The van der Waals surface area contributed by atoms with Crippen LogP contribution in [0, 0.1) is 12.7 Å². The van der Waals surface area contributed by atoms with Crippen molar-refractivity contribution in [2.24, 2.45) is 0 Å². The van der Waals surface area contributed by atoms with Crippen LogP contribution >= 0.6 is 0 Å². The van der Waals surface area contributed by atoms with Crippen LogP contribution in [0.25, 0.3) is 0 Å². The fraction of sp³-hybridized carbons (Fsp3) is 0.467. The van der Waals surface area contributed by atoms with Crippen LogP contribution in [-0.4, -0.2) is 28.9 Å². The molecule has 0 heterocycles. The normalized spacial score (nSPS) is 15.9. The third-order valence-corrected chi connectivity index (χ3v) is 3.42. The number of aliphatic carboxylic acids is 1. The van der Waals surface area contributed by atoms with Gasteiger partial charge in [-0.25, -0.2) is 4.39 Å². The van der Waals surface area contributed by atoms with Crippen molar-refractivity contribution in [3.05, 3.63) is 35.1 Å². The molecule has 0 amide bonds. The predicted octanol–water partition coefficient (Wildman–Crippen LogP) is 2.30. The molecule has 108 valence electrons. The summed E-state index contributed by atoms with van der Waals surface area (Å²) in [5, 5.41) is 11.9. The van der Waals surface area contributed by atoms with Gasteiger partial charge in [-0.1, -0.05) is 0 Å². The SMILES string of the molecule is Cc1cc(C(=O)C(CCC(=O)O)NC2CC2)ccc1F. The van der Waals surface area contributed by atoms with E-state index < -0.39 is 12.0 Å². The maximum Gasteiger partial charge on any atom is 0.303 e. The van der Waals surface area contributed by atoms with Crippen LogP contribution in [0.1, 0.15) is 41.6 Å². The average molecular weight is 279 g/mol. The molecule has 0 saturated heterocycles. The highest BCUT2D eigenvalue weighted by Crippen LogP contribution is 2.22. The molecule has 0 radical (unpaired) electrons. The van der Waals surface area contributed by atoms with Gasteiger partial charge >= 0.3 is 5.97 Å². The number of hydrogen-bond donors (Lipinski definition) is 2. The van der Waals surface area contributed by atoms with Gasteiger partial charge in [0.2, 0.25) is 0 Å². The number of nitrogens with one attached hydrogen (secondary N) is 1. The summed E-state index contributed by atoms with van der Waals surface area (Å²) in [5.41, 5.74) is 0.840. The Labute approximate surface area is 117 Å². The van der Waals surface area contributed by atoms with Crippen LogP contribution < -0.4 is 5.32 Å². The molecular weight excluding hydrogens is 261 g/mol. The third-order valence-electron chi connectivity index (χ3n) is 3.42. The number of carbonyl (C=O) groups is 2. The van der Waals surface area contributed by atoms with Crippen molar-refractivity contribution in [2.75, 3.05) is 0 Å². The molecule has 1 unspecified atom stereocenters. The molecule has 0 aromatic heterocycles. The molecule has 1 aromatic carbocycles. The molecular formula is C15H18FNO3. The lowest BCUT2D eigenvalue weighted by atomic mass is 9.98. The predicted molar refractivity (Wildman–Crippen MR) is 72.3 cm³/mol. The Kier molecular flexibility index (Phi) is 4.49. The number of carbonyl (C=O) groups excluding carboxylic acids is 1. The van der Waals surface area contributed by atoms with E-state index in [2.05, 4.69) is 5.32 Å². The van der Waals surface area contributed by atoms with Crippen molar-refractivity contribution in [3.63, 3.8) is 0 Å². The number of Topliss-reactive ketones (excluding diaryl/α,β-unsaturated/α-hetero) is 1. The standard InChI is InChI=1S/C15H18FNO3/c1-9-8-10(2-5-12(9)16)15(20)13(6-7-14(18)19)17-11-3-4-11/h2,5,8,11,13,17H,3-4,6-7H2,1H3,(H,18,19). The van der Waals surface area contributed by atoms with E-state index in [0.29, 0.717) is 17.2 Å². The summed E-state index contributed by atoms with van der Waals surface area (Å²) >= 11 is 0. The summed E-state index contributed by atoms with van der Waals surface area (Å²) in [7, 11) is 0. The van der Waals surface area contributed by atoms with Crippen LogP contribution in [0.2, 0.25) is 0 Å². The van der Waals surface area contributed by atoms with Crippen LogP contribution in [0.5, 0.6) is 0 Å². The van der Waals surface area contributed by atoms with Gasteiger partial charge in [-0.2, -0.15) is 0 Å². The topological polar surface area (TPSA) is 66.4 Å². The van der Waals surface area contributed by atoms with Gasteiger partial charge in [-0.05, 0) is 49.9 Å². The Morgan fingerprint density at radius 1 is 1.45 bits per heavy atom. The van der Waals surface area contributed by atoms with E-state index in [9.17, 15) is 14.0 Å². The lowest BCUT2D eigenvalue weighted by Crippen LogP contribution is -2.38. The zero-order chi connectivity index (χ0) is 14.7. The van der Waals surface area contributed by atoms with Gasteiger partial charge in [0.05, 0.1) is 6.04 Å². The number of aryl methyl sites for hydroxylation is 1. The van der Waals surface area contributed by atoms with Crippen LogP contribution in [0.15, 0.2) is 18.2 Å². The van der Waals surface area contributed by atoms with E-state index in [4.69, 9.17) is 5.11 Å². The molecule has 1 fully saturated rings. The van der Waals surface area contributed by atoms with E-state index in [1.165, 1.54) is 18.2 Å². The molecule has 5 heteroatoms. The molecule has 0 aliphatic heterocycles. The van der Waals surface area contributed by atoms with Crippen LogP contribution in [-0.2, 0) is 4.79 Å². The quantitative estimate of drug-likeness (QED) is 0.752. The Balaban J connectivity index is 2.10. The Bertz CT molecular complexity index is 526. The number of halogens is 1. The first kappa shape index (κ1) is 14.7. The maximum absolute atomic E-state index is 13.2. The molecule has 0 spiro atoms. The largest absolute Gasteiger partial charge is 0.481 e. The highest BCUT2D eigenvalue weighted by atomic mass is 19.1. The van der Waals surface area contributed by atoms with E-state index in [1.54, 1.807) is 6.92 Å². The second-order valence-corrected chi connectivity index (χ2v) is 5.25. The number of carboxylic acids is 1. The first-order chi connectivity index (χ1) is 9.47. The van der Waals surface area contributed by atoms with Gasteiger partial charge in [0, 0.05) is 18.0 Å². The molecule has 2 N–H and O–H groups in total. The molecule has 4 nitrogen and oxygen atoms in total. The number of carboxylic acid groups (broad SMARTS) is 1. The minimum atomic E-state index is -0.921. The van der Waals surface area contributed by atoms with Gasteiger partial charge in [-0.15, -0.1) is 0 Å². The Morgan fingerprint density at radius 2 is 2.15 bits per heavy atom. The van der Waals surface area contributed by atoms with E-state index in [0.717, 1.165) is 12.8 Å². The van der Waals surface area contributed by atoms with Crippen molar-refractivity contribution >= 4 is 11.8 Å². The molecule has 2 rings (SSSR count). The first-order valence-corrected chi connectivity index (χ1v) is 6.75. The molecule has 1 saturated carbocycles. The molecule has 1 aromatic rings. The fourth-order valence-corrected chi connectivity index (χ4v) is 2.09. The molecule has 1 aliphatic rings. The van der Waals surface area contributed by atoms with Gasteiger partial charge in [0.25, 0.3) is 0 Å². The summed E-state index contributed by atoms with van der Waals surface area (Å²) in [6, 6.07) is 4.03. The summed E-state index contributed by atoms with van der Waals surface area (Å²) in [5.74, 6) is -1.43. The van der Waals surface area contributed by atoms with Crippen molar-refractivity contribution in [2.45, 2.75) is 44.7 Å². The van der Waals surface area contributed by atoms with Gasteiger partial charge in [0.15, 0.2) is 5.78 Å². The minimum Gasteiger partial charge on any atom is -0.481 e. The van der Waals surface area contributed by atoms with Gasteiger partial charge in [-0.3, -0.25) is 9.59 Å². The monoisotopic (exact) mass is 279 g/mol. The summed E-state index contributed by atoms with van der Waals surface area (Å²) < 4.78 is 13.2. The molecule has 0 bridgehead atoms. The zero-order valence-corrected chi connectivity index (χ0v) is 11.4. The summed E-state index contributed by atoms with van der Waals surface area (Å²) in [4.78, 5) is 23.1. The highest BCUT2D eigenvalue weighted by molar-refractivity contribution is 6.00. The van der Waals surface area contributed by atoms with E-state index in [1.807, 2.05) is 0 Å². The fourth-order valence-electron chi connectivity index (χ4n) is 2.09. The zero-order valence-electron chi connectivity index (χ0n) is 11.4. The molecule has 1 atom stereocenters. The van der Waals surface area contributed by atoms with Crippen LogP contribution in [0.3, 0.4) is 0 Å². The summed E-state index contributed by atoms with van der Waals surface area (Å²) in [6.07, 6.45) is 2.22. The van der Waals surface area contributed by atoms with Crippen molar-refractivity contribution in [1.82, 2.24) is 5.32 Å². The minimum absolute atomic E-state index is 0.0592. The summed E-state index contributed by atoms with van der Waals surface area (Å²) in [6.45, 7) is 1.60. The average Bonchev–Trinajstić information content (AvgIpc) is 3.20. The smallest absolute Gasteiger partial charge is 0.303 e. The second kappa shape index (κ2) is 6.13. The van der Waals surface area contributed by atoms with Crippen molar-refractivity contribution < 1.29 is 19.1 Å². The Morgan fingerprint density at radius 3 is 2.70 bits per heavy atom. The molecule has 20 heavy (non-hydrogen) atoms. The van der Waals surface area contributed by atoms with E-state index in [-0.39, 0.29) is 24.4 Å².